The number of nitrogens with one attached hydrogen (secondary N) is 1. The second-order valence-corrected chi connectivity index (χ2v) is 6.11. The van der Waals surface area contributed by atoms with Crippen molar-refractivity contribution >= 4 is 11.8 Å². The Morgan fingerprint density at radius 2 is 2.05 bits per heavy atom. The standard InChI is InChI=1S/C15H24N2O3/c1-3-13(18)17-8-5-15(20,6-9-17)4-7-16-14(19)12-10-11(12)2/h3,11-12,20H,1,4-10H2,2H3,(H,16,19)/t11-,12-/m1/s1. The van der Waals surface area contributed by atoms with Crippen LogP contribution in [0.2, 0.25) is 0 Å². The third kappa shape index (κ3) is 3.60. The number of aliphatic hydroxyl groups is 1. The van der Waals surface area contributed by atoms with Crippen molar-refractivity contribution in [3.05, 3.63) is 12.7 Å². The van der Waals surface area contributed by atoms with Gasteiger partial charge in [0.25, 0.3) is 0 Å². The molecule has 5 heteroatoms. The number of nitrogens with zero attached hydrogens (tertiary/aromatic N) is 1. The number of piperidine rings is 1. The maximum Gasteiger partial charge on any atom is 0.245 e. The first-order valence-corrected chi connectivity index (χ1v) is 7.36. The van der Waals surface area contributed by atoms with E-state index in [1.165, 1.54) is 6.08 Å². The summed E-state index contributed by atoms with van der Waals surface area (Å²) >= 11 is 0. The average molecular weight is 280 g/mol. The molecule has 1 saturated carbocycles. The van der Waals surface area contributed by atoms with E-state index in [1.54, 1.807) is 4.90 Å². The van der Waals surface area contributed by atoms with Gasteiger partial charge in [-0.2, -0.15) is 0 Å². The monoisotopic (exact) mass is 280 g/mol. The summed E-state index contributed by atoms with van der Waals surface area (Å²) in [7, 11) is 0. The lowest BCUT2D eigenvalue weighted by atomic mass is 9.88. The van der Waals surface area contributed by atoms with Crippen molar-refractivity contribution in [3.63, 3.8) is 0 Å². The number of rotatable bonds is 5. The summed E-state index contributed by atoms with van der Waals surface area (Å²) < 4.78 is 0. The van der Waals surface area contributed by atoms with Crippen molar-refractivity contribution in [1.29, 1.82) is 0 Å². The van der Waals surface area contributed by atoms with Crippen molar-refractivity contribution in [2.75, 3.05) is 19.6 Å². The van der Waals surface area contributed by atoms with Crippen LogP contribution in [-0.2, 0) is 9.59 Å². The minimum absolute atomic E-state index is 0.0805. The first-order valence-electron chi connectivity index (χ1n) is 7.36. The zero-order valence-corrected chi connectivity index (χ0v) is 12.1. The van der Waals surface area contributed by atoms with Crippen LogP contribution in [0.4, 0.5) is 0 Å². The Kier molecular flexibility index (Phi) is 4.48. The molecule has 2 rings (SSSR count). The van der Waals surface area contributed by atoms with Gasteiger partial charge in [-0.15, -0.1) is 0 Å². The summed E-state index contributed by atoms with van der Waals surface area (Å²) in [6, 6.07) is 0. The quantitative estimate of drug-likeness (QED) is 0.728. The van der Waals surface area contributed by atoms with Gasteiger partial charge in [-0.05, 0) is 37.7 Å². The third-order valence-electron chi connectivity index (χ3n) is 4.52. The van der Waals surface area contributed by atoms with Gasteiger partial charge in [0.15, 0.2) is 0 Å². The molecule has 1 aliphatic heterocycles. The van der Waals surface area contributed by atoms with Crippen LogP contribution in [0.25, 0.3) is 0 Å². The van der Waals surface area contributed by atoms with E-state index in [0.717, 1.165) is 6.42 Å². The Bertz CT molecular complexity index is 400. The Morgan fingerprint density at radius 1 is 1.45 bits per heavy atom. The van der Waals surface area contributed by atoms with E-state index >= 15 is 0 Å². The molecule has 0 bridgehead atoms. The van der Waals surface area contributed by atoms with Gasteiger partial charge in [-0.25, -0.2) is 0 Å². The fraction of sp³-hybridized carbons (Fsp3) is 0.733. The average Bonchev–Trinajstić information content (AvgIpc) is 3.16. The second-order valence-electron chi connectivity index (χ2n) is 6.11. The molecule has 2 atom stereocenters. The molecule has 5 nitrogen and oxygen atoms in total. The summed E-state index contributed by atoms with van der Waals surface area (Å²) in [6.07, 6.45) is 3.96. The van der Waals surface area contributed by atoms with Crippen LogP contribution < -0.4 is 5.32 Å². The summed E-state index contributed by atoms with van der Waals surface area (Å²) in [5, 5.41) is 13.3. The van der Waals surface area contributed by atoms with Crippen molar-refractivity contribution in [2.45, 2.75) is 38.2 Å². The van der Waals surface area contributed by atoms with E-state index in [2.05, 4.69) is 18.8 Å². The van der Waals surface area contributed by atoms with Crippen LogP contribution in [0.3, 0.4) is 0 Å². The highest BCUT2D eigenvalue weighted by atomic mass is 16.3. The first-order chi connectivity index (χ1) is 9.45. The Balaban J connectivity index is 1.69. The number of hydrogen-bond donors (Lipinski definition) is 2. The number of carbonyl (C=O) groups excluding carboxylic acids is 2. The molecule has 0 unspecified atom stereocenters. The van der Waals surface area contributed by atoms with Gasteiger partial charge in [-0.1, -0.05) is 13.5 Å². The molecule has 1 saturated heterocycles. The summed E-state index contributed by atoms with van der Waals surface area (Å²) in [4.78, 5) is 24.8. The van der Waals surface area contributed by atoms with Gasteiger partial charge in [0, 0.05) is 25.6 Å². The van der Waals surface area contributed by atoms with E-state index in [4.69, 9.17) is 0 Å². The Morgan fingerprint density at radius 3 is 2.55 bits per heavy atom. The zero-order valence-electron chi connectivity index (χ0n) is 12.1. The first kappa shape index (κ1) is 15.0. The van der Waals surface area contributed by atoms with E-state index < -0.39 is 5.60 Å². The van der Waals surface area contributed by atoms with E-state index in [9.17, 15) is 14.7 Å². The predicted octanol–water partition coefficient (Wildman–Crippen LogP) is 0.688. The lowest BCUT2D eigenvalue weighted by Gasteiger charge is -2.38. The molecular formula is C15H24N2O3. The second kappa shape index (κ2) is 5.95. The molecule has 1 heterocycles. The fourth-order valence-electron chi connectivity index (χ4n) is 2.76. The van der Waals surface area contributed by atoms with E-state index in [0.29, 0.717) is 44.8 Å². The molecule has 112 valence electrons. The maximum atomic E-state index is 11.7. The fourth-order valence-corrected chi connectivity index (χ4v) is 2.76. The van der Waals surface area contributed by atoms with Gasteiger partial charge in [-0.3, -0.25) is 9.59 Å². The molecule has 2 aliphatic rings. The van der Waals surface area contributed by atoms with Crippen molar-refractivity contribution in [1.82, 2.24) is 10.2 Å². The van der Waals surface area contributed by atoms with Crippen LogP contribution in [0, 0.1) is 11.8 Å². The molecule has 20 heavy (non-hydrogen) atoms. The lowest BCUT2D eigenvalue weighted by molar-refractivity contribution is -0.130. The van der Waals surface area contributed by atoms with Gasteiger partial charge in [0.05, 0.1) is 5.60 Å². The molecule has 2 amide bonds. The van der Waals surface area contributed by atoms with Crippen LogP contribution in [0.15, 0.2) is 12.7 Å². The molecule has 0 radical (unpaired) electrons. The molecule has 0 aromatic rings. The van der Waals surface area contributed by atoms with Crippen LogP contribution in [0.5, 0.6) is 0 Å². The Hall–Kier alpha value is -1.36. The largest absolute Gasteiger partial charge is 0.390 e. The molecule has 2 fully saturated rings. The number of amides is 2. The minimum atomic E-state index is -0.763. The summed E-state index contributed by atoms with van der Waals surface area (Å²) in [6.45, 7) is 7.15. The topological polar surface area (TPSA) is 69.6 Å². The van der Waals surface area contributed by atoms with Gasteiger partial charge >= 0.3 is 0 Å². The van der Waals surface area contributed by atoms with E-state index in [-0.39, 0.29) is 17.7 Å². The predicted molar refractivity (Wildman–Crippen MR) is 75.9 cm³/mol. The number of hydrogen-bond acceptors (Lipinski definition) is 3. The maximum absolute atomic E-state index is 11.7. The molecule has 0 spiro atoms. The Labute approximate surface area is 120 Å². The SMILES string of the molecule is C=CC(=O)N1CCC(O)(CCNC(=O)[C@@H]2C[C@H]2C)CC1. The summed E-state index contributed by atoms with van der Waals surface area (Å²) in [5.41, 5.74) is -0.763. The smallest absolute Gasteiger partial charge is 0.245 e. The van der Waals surface area contributed by atoms with Gasteiger partial charge in [0.1, 0.15) is 0 Å². The molecule has 0 aromatic carbocycles. The molecule has 0 aromatic heterocycles. The molecular weight excluding hydrogens is 256 g/mol. The normalized spacial score (nSPS) is 27.8. The van der Waals surface area contributed by atoms with Crippen molar-refractivity contribution in [3.8, 4) is 0 Å². The van der Waals surface area contributed by atoms with Crippen LogP contribution >= 0.6 is 0 Å². The molecule has 2 N–H and O–H groups in total. The minimum Gasteiger partial charge on any atom is -0.390 e. The highest BCUT2D eigenvalue weighted by Gasteiger charge is 2.39. The lowest BCUT2D eigenvalue weighted by Crippen LogP contribution is -2.47. The van der Waals surface area contributed by atoms with Crippen molar-refractivity contribution < 1.29 is 14.7 Å². The highest BCUT2D eigenvalue weighted by Crippen LogP contribution is 2.37. The van der Waals surface area contributed by atoms with E-state index in [1.807, 2.05) is 0 Å². The zero-order chi connectivity index (χ0) is 14.8. The highest BCUT2D eigenvalue weighted by molar-refractivity contribution is 5.87. The van der Waals surface area contributed by atoms with Crippen LogP contribution in [0.1, 0.15) is 32.6 Å². The number of likely N-dealkylation sites (tertiary alicyclic amines) is 1. The van der Waals surface area contributed by atoms with Gasteiger partial charge < -0.3 is 15.3 Å². The van der Waals surface area contributed by atoms with Crippen LogP contribution in [-0.4, -0.2) is 47.1 Å². The number of carbonyl (C=O) groups is 2. The van der Waals surface area contributed by atoms with Gasteiger partial charge in [0.2, 0.25) is 11.8 Å². The third-order valence-corrected chi connectivity index (χ3v) is 4.52. The molecule has 1 aliphatic carbocycles. The van der Waals surface area contributed by atoms with Crippen molar-refractivity contribution in [2.24, 2.45) is 11.8 Å². The summed E-state index contributed by atoms with van der Waals surface area (Å²) in [5.74, 6) is 0.714.